The van der Waals surface area contributed by atoms with E-state index in [1.165, 1.54) is 0 Å². The number of ether oxygens (including phenoxy) is 1. The lowest BCUT2D eigenvalue weighted by atomic mass is 9.84. The summed E-state index contributed by atoms with van der Waals surface area (Å²) >= 11 is 3.45. The molecule has 2 unspecified atom stereocenters. The highest BCUT2D eigenvalue weighted by molar-refractivity contribution is 9.10. The Hall–Kier alpha value is -0.610. The zero-order valence-electron chi connectivity index (χ0n) is 11.1. The molecule has 1 aromatic rings. The molecule has 3 rings (SSSR count). The van der Waals surface area contributed by atoms with Gasteiger partial charge in [-0.15, -0.1) is 0 Å². The Balaban J connectivity index is 1.82. The number of nitrogens with one attached hydrogen (secondary N) is 1. The van der Waals surface area contributed by atoms with Crippen LogP contribution in [-0.4, -0.2) is 24.9 Å². The molecular formula is C15H19BrFNO. The molecule has 4 heteroatoms. The first-order valence-electron chi connectivity index (χ1n) is 6.85. The monoisotopic (exact) mass is 327 g/mol. The van der Waals surface area contributed by atoms with Crippen molar-refractivity contribution < 1.29 is 9.13 Å². The highest BCUT2D eigenvalue weighted by Gasteiger charge is 2.44. The highest BCUT2D eigenvalue weighted by atomic mass is 79.9. The van der Waals surface area contributed by atoms with Crippen molar-refractivity contribution >= 4 is 15.9 Å². The predicted molar refractivity (Wildman–Crippen MR) is 77.4 cm³/mol. The zero-order valence-corrected chi connectivity index (χ0v) is 12.7. The molecule has 2 heterocycles. The third kappa shape index (κ3) is 2.79. The van der Waals surface area contributed by atoms with Gasteiger partial charge in [-0.3, -0.25) is 0 Å². The molecule has 1 aromatic carbocycles. The summed E-state index contributed by atoms with van der Waals surface area (Å²) in [5.41, 5.74) is -0.133. The normalized spacial score (nSPS) is 33.4. The maximum Gasteiger partial charge on any atom is 0.122 e. The van der Waals surface area contributed by atoms with Crippen molar-refractivity contribution in [3.63, 3.8) is 0 Å². The molecule has 2 aliphatic rings. The van der Waals surface area contributed by atoms with Crippen LogP contribution >= 0.6 is 15.9 Å². The molecule has 2 saturated heterocycles. The summed E-state index contributed by atoms with van der Waals surface area (Å²) in [6.45, 7) is 0. The Bertz CT molecular complexity index is 467. The third-order valence-corrected chi connectivity index (χ3v) is 4.80. The summed E-state index contributed by atoms with van der Waals surface area (Å²) in [4.78, 5) is 0. The molecule has 0 radical (unpaired) electrons. The van der Waals surface area contributed by atoms with Gasteiger partial charge in [0.2, 0.25) is 0 Å². The summed E-state index contributed by atoms with van der Waals surface area (Å²) in [5, 5.41) is 3.49. The van der Waals surface area contributed by atoms with Crippen molar-refractivity contribution in [3.8, 4) is 5.75 Å². The third-order valence-electron chi connectivity index (χ3n) is 4.31. The summed E-state index contributed by atoms with van der Waals surface area (Å²) in [6.07, 6.45) is 3.93. The van der Waals surface area contributed by atoms with Gasteiger partial charge in [0.25, 0.3) is 0 Å². The molecule has 0 amide bonds. The van der Waals surface area contributed by atoms with Gasteiger partial charge in [-0.05, 0) is 49.4 Å². The van der Waals surface area contributed by atoms with Crippen LogP contribution in [0, 0.1) is 0 Å². The van der Waals surface area contributed by atoms with Gasteiger partial charge in [-0.25, -0.2) is 4.39 Å². The highest BCUT2D eigenvalue weighted by Crippen LogP contribution is 2.40. The molecule has 19 heavy (non-hydrogen) atoms. The van der Waals surface area contributed by atoms with E-state index < -0.39 is 5.67 Å². The van der Waals surface area contributed by atoms with Gasteiger partial charge in [-0.2, -0.15) is 0 Å². The number of alkyl halides is 1. The first-order valence-corrected chi connectivity index (χ1v) is 7.65. The summed E-state index contributed by atoms with van der Waals surface area (Å²) in [6, 6.07) is 6.53. The Labute approximate surface area is 121 Å². The molecule has 2 bridgehead atoms. The number of halogens is 2. The van der Waals surface area contributed by atoms with Crippen molar-refractivity contribution in [2.45, 2.75) is 49.9 Å². The Morgan fingerprint density at radius 1 is 1.37 bits per heavy atom. The van der Waals surface area contributed by atoms with E-state index in [1.54, 1.807) is 7.11 Å². The van der Waals surface area contributed by atoms with Crippen molar-refractivity contribution in [3.05, 3.63) is 28.2 Å². The number of fused-ring (bicyclic) bond motifs is 2. The number of methoxy groups -OCH3 is 1. The number of rotatable bonds is 3. The largest absolute Gasteiger partial charge is 0.496 e. The minimum absolute atomic E-state index is 0.363. The van der Waals surface area contributed by atoms with Crippen molar-refractivity contribution in [2.24, 2.45) is 0 Å². The number of benzene rings is 1. The summed E-state index contributed by atoms with van der Waals surface area (Å²) < 4.78 is 21.5. The van der Waals surface area contributed by atoms with Crippen LogP contribution in [0.4, 0.5) is 4.39 Å². The second-order valence-electron chi connectivity index (χ2n) is 5.83. The first kappa shape index (κ1) is 13.4. The Morgan fingerprint density at radius 3 is 2.68 bits per heavy atom. The topological polar surface area (TPSA) is 21.3 Å². The molecular weight excluding hydrogens is 309 g/mol. The maximum absolute atomic E-state index is 15.1. The molecule has 2 atom stereocenters. The van der Waals surface area contributed by atoms with Crippen LogP contribution in [0.25, 0.3) is 0 Å². The number of hydrogen-bond donors (Lipinski definition) is 1. The van der Waals surface area contributed by atoms with Gasteiger partial charge in [-0.1, -0.05) is 15.9 Å². The van der Waals surface area contributed by atoms with Gasteiger partial charge in [0.15, 0.2) is 0 Å². The predicted octanol–water partition coefficient (Wildman–Crippen LogP) is 3.62. The Morgan fingerprint density at radius 2 is 2.05 bits per heavy atom. The smallest absolute Gasteiger partial charge is 0.122 e. The molecule has 0 aromatic heterocycles. The second kappa shape index (κ2) is 5.06. The van der Waals surface area contributed by atoms with Gasteiger partial charge in [0.05, 0.1) is 7.11 Å². The van der Waals surface area contributed by atoms with Gasteiger partial charge < -0.3 is 10.1 Å². The fourth-order valence-corrected chi connectivity index (χ4v) is 3.97. The molecule has 0 saturated carbocycles. The molecule has 2 nitrogen and oxygen atoms in total. The summed E-state index contributed by atoms with van der Waals surface area (Å²) in [7, 11) is 1.64. The lowest BCUT2D eigenvalue weighted by Gasteiger charge is -2.35. The van der Waals surface area contributed by atoms with Crippen LogP contribution < -0.4 is 10.1 Å². The standard InChI is InChI=1S/C15H19BrFNO/c1-19-14-5-2-11(16)6-10(14)7-15(17)8-12-3-4-13(9-15)18-12/h2,5-6,12-13,18H,3-4,7-9H2,1H3. The van der Waals surface area contributed by atoms with Crippen LogP contribution in [0.1, 0.15) is 31.2 Å². The van der Waals surface area contributed by atoms with E-state index in [4.69, 9.17) is 4.74 Å². The van der Waals surface area contributed by atoms with E-state index in [0.29, 0.717) is 31.3 Å². The van der Waals surface area contributed by atoms with E-state index in [9.17, 15) is 0 Å². The van der Waals surface area contributed by atoms with E-state index in [-0.39, 0.29) is 0 Å². The first-order chi connectivity index (χ1) is 9.08. The van der Waals surface area contributed by atoms with Gasteiger partial charge >= 0.3 is 0 Å². The van der Waals surface area contributed by atoms with Crippen molar-refractivity contribution in [1.82, 2.24) is 5.32 Å². The average molecular weight is 328 g/mol. The molecule has 1 N–H and O–H groups in total. The summed E-state index contributed by atoms with van der Waals surface area (Å²) in [5.74, 6) is 0.783. The van der Waals surface area contributed by atoms with Gasteiger partial charge in [0.1, 0.15) is 11.4 Å². The Kier molecular flexibility index (Phi) is 3.56. The van der Waals surface area contributed by atoms with Crippen LogP contribution in [-0.2, 0) is 6.42 Å². The fourth-order valence-electron chi connectivity index (χ4n) is 3.56. The lowest BCUT2D eigenvalue weighted by molar-refractivity contribution is 0.0886. The van der Waals surface area contributed by atoms with E-state index in [2.05, 4.69) is 21.2 Å². The average Bonchev–Trinajstić information content (AvgIpc) is 2.69. The van der Waals surface area contributed by atoms with Crippen LogP contribution in [0.15, 0.2) is 22.7 Å². The van der Waals surface area contributed by atoms with Gasteiger partial charge in [0, 0.05) is 23.0 Å². The number of hydrogen-bond acceptors (Lipinski definition) is 2. The molecule has 0 aliphatic carbocycles. The minimum atomic E-state index is -1.09. The van der Waals surface area contributed by atoms with Crippen LogP contribution in [0.2, 0.25) is 0 Å². The molecule has 0 spiro atoms. The fraction of sp³-hybridized carbons (Fsp3) is 0.600. The maximum atomic E-state index is 15.1. The molecule has 104 valence electrons. The van der Waals surface area contributed by atoms with Crippen molar-refractivity contribution in [1.29, 1.82) is 0 Å². The SMILES string of the molecule is COc1ccc(Br)cc1CC1(F)CC2CCC(C1)N2. The van der Waals surface area contributed by atoms with E-state index >= 15 is 4.39 Å². The number of piperidine rings is 1. The molecule has 2 fully saturated rings. The van der Waals surface area contributed by atoms with E-state index in [0.717, 1.165) is 28.6 Å². The van der Waals surface area contributed by atoms with Crippen molar-refractivity contribution in [2.75, 3.05) is 7.11 Å². The second-order valence-corrected chi connectivity index (χ2v) is 6.75. The molecule has 2 aliphatic heterocycles. The van der Waals surface area contributed by atoms with Crippen LogP contribution in [0.3, 0.4) is 0 Å². The lowest BCUT2D eigenvalue weighted by Crippen LogP contribution is -2.47. The van der Waals surface area contributed by atoms with E-state index in [1.807, 2.05) is 18.2 Å². The quantitative estimate of drug-likeness (QED) is 0.915. The van der Waals surface area contributed by atoms with Crippen LogP contribution in [0.5, 0.6) is 5.75 Å². The minimum Gasteiger partial charge on any atom is -0.496 e. The zero-order chi connectivity index (χ0) is 13.5.